The van der Waals surface area contributed by atoms with Gasteiger partial charge in [-0.05, 0) is 57.4 Å². The Morgan fingerprint density at radius 2 is 0.875 bits per heavy atom. The number of allylic oxidation sites excluding steroid dienone is 2. The van der Waals surface area contributed by atoms with Crippen molar-refractivity contribution in [2.75, 3.05) is 0 Å². The molecule has 5 rings (SSSR count). The molecule has 0 heteroatoms. The van der Waals surface area contributed by atoms with Crippen molar-refractivity contribution in [1.29, 1.82) is 0 Å². The summed E-state index contributed by atoms with van der Waals surface area (Å²) >= 11 is 0. The van der Waals surface area contributed by atoms with Gasteiger partial charge in [-0.25, -0.2) is 0 Å². The molecule has 0 saturated heterocycles. The number of hydrogen-bond acceptors (Lipinski definition) is 0. The van der Waals surface area contributed by atoms with Crippen LogP contribution in [-0.2, 0) is 12.8 Å². The first kappa shape index (κ1) is 13.6. The zero-order chi connectivity index (χ0) is 15.9. The molecule has 0 aromatic heterocycles. The Balaban J connectivity index is 1.57. The Hall–Kier alpha value is -2.86. The molecule has 0 fully saturated rings. The third kappa shape index (κ3) is 2.15. The van der Waals surface area contributed by atoms with Gasteiger partial charge in [0.15, 0.2) is 0 Å². The van der Waals surface area contributed by atoms with Crippen LogP contribution in [0, 0.1) is 0 Å². The van der Waals surface area contributed by atoms with E-state index in [0.29, 0.717) is 0 Å². The van der Waals surface area contributed by atoms with Crippen molar-refractivity contribution in [2.45, 2.75) is 12.8 Å². The van der Waals surface area contributed by atoms with Crippen LogP contribution in [0.2, 0.25) is 0 Å². The highest BCUT2D eigenvalue weighted by molar-refractivity contribution is 5.97. The minimum Gasteiger partial charge on any atom is -0.0619 e. The summed E-state index contributed by atoms with van der Waals surface area (Å²) in [5.41, 5.74) is 11.2. The molecule has 0 N–H and O–H groups in total. The lowest BCUT2D eigenvalue weighted by Crippen LogP contribution is -1.94. The van der Waals surface area contributed by atoms with E-state index in [-0.39, 0.29) is 0 Å². The lowest BCUT2D eigenvalue weighted by atomic mass is 9.92. The van der Waals surface area contributed by atoms with Gasteiger partial charge in [-0.3, -0.25) is 0 Å². The van der Waals surface area contributed by atoms with Crippen molar-refractivity contribution in [3.8, 4) is 0 Å². The Morgan fingerprint density at radius 1 is 0.458 bits per heavy atom. The molecule has 0 nitrogen and oxygen atoms in total. The maximum atomic E-state index is 2.36. The van der Waals surface area contributed by atoms with Gasteiger partial charge in [0.25, 0.3) is 0 Å². The van der Waals surface area contributed by atoms with Crippen molar-refractivity contribution >= 4 is 23.3 Å². The topological polar surface area (TPSA) is 0 Å². The van der Waals surface area contributed by atoms with Crippen LogP contribution in [0.25, 0.3) is 23.3 Å². The van der Waals surface area contributed by atoms with Crippen molar-refractivity contribution in [2.24, 2.45) is 0 Å². The van der Waals surface area contributed by atoms with E-state index in [2.05, 4.69) is 84.9 Å². The molecule has 0 unspecified atom stereocenters. The van der Waals surface area contributed by atoms with Gasteiger partial charge in [-0.15, -0.1) is 0 Å². The van der Waals surface area contributed by atoms with Gasteiger partial charge in [0.05, 0.1) is 0 Å². The molecule has 2 aliphatic rings. The average molecular weight is 306 g/mol. The molecule has 3 aromatic carbocycles. The summed E-state index contributed by atoms with van der Waals surface area (Å²) in [5.74, 6) is 0. The zero-order valence-corrected chi connectivity index (χ0v) is 13.5. The first-order valence-electron chi connectivity index (χ1n) is 8.55. The molecule has 0 spiro atoms. The number of benzene rings is 3. The third-order valence-corrected chi connectivity index (χ3v) is 5.15. The van der Waals surface area contributed by atoms with Gasteiger partial charge in [0, 0.05) is 0 Å². The SMILES string of the molecule is C1=C(c2ccccc2C2=Cc3ccccc3C2)Cc2ccccc21. The normalized spacial score (nSPS) is 14.8. The summed E-state index contributed by atoms with van der Waals surface area (Å²) in [5, 5.41) is 0. The predicted molar refractivity (Wildman–Crippen MR) is 102 cm³/mol. The van der Waals surface area contributed by atoms with Crippen LogP contribution >= 0.6 is 0 Å². The summed E-state index contributed by atoms with van der Waals surface area (Å²) in [7, 11) is 0. The van der Waals surface area contributed by atoms with Crippen LogP contribution < -0.4 is 0 Å². The summed E-state index contributed by atoms with van der Waals surface area (Å²) < 4.78 is 0. The van der Waals surface area contributed by atoms with Gasteiger partial charge in [-0.2, -0.15) is 0 Å². The molecule has 0 amide bonds. The van der Waals surface area contributed by atoms with Crippen LogP contribution in [0.3, 0.4) is 0 Å². The highest BCUT2D eigenvalue weighted by Crippen LogP contribution is 2.38. The maximum absolute atomic E-state index is 2.36. The van der Waals surface area contributed by atoms with Crippen molar-refractivity contribution in [3.63, 3.8) is 0 Å². The first-order chi connectivity index (χ1) is 11.9. The second-order valence-corrected chi connectivity index (χ2v) is 6.64. The van der Waals surface area contributed by atoms with Crippen LogP contribution in [0.15, 0.2) is 72.8 Å². The molecule has 0 radical (unpaired) electrons. The van der Waals surface area contributed by atoms with Crippen molar-refractivity contribution < 1.29 is 0 Å². The predicted octanol–water partition coefficient (Wildman–Crippen LogP) is 5.88. The fourth-order valence-corrected chi connectivity index (χ4v) is 3.95. The van der Waals surface area contributed by atoms with Crippen molar-refractivity contribution in [3.05, 3.63) is 106 Å². The molecule has 114 valence electrons. The second kappa shape index (κ2) is 5.35. The lowest BCUT2D eigenvalue weighted by molar-refractivity contribution is 1.29. The number of fused-ring (bicyclic) bond motifs is 2. The van der Waals surface area contributed by atoms with Crippen molar-refractivity contribution in [1.82, 2.24) is 0 Å². The average Bonchev–Trinajstić information content (AvgIpc) is 3.25. The Labute approximate surface area is 142 Å². The van der Waals surface area contributed by atoms with Gasteiger partial charge < -0.3 is 0 Å². The molecule has 3 aromatic rings. The fourth-order valence-electron chi connectivity index (χ4n) is 3.95. The zero-order valence-electron chi connectivity index (χ0n) is 13.5. The summed E-state index contributed by atoms with van der Waals surface area (Å²) in [6.45, 7) is 0. The van der Waals surface area contributed by atoms with E-state index in [9.17, 15) is 0 Å². The minimum absolute atomic E-state index is 1.04. The number of hydrogen-bond donors (Lipinski definition) is 0. The standard InChI is InChI=1S/C24H18/c1-2-8-18-14-21(13-17(18)7-1)23-11-5-6-12-24(23)22-15-19-9-3-4-10-20(19)16-22/h1-13,15H,14,16H2. The summed E-state index contributed by atoms with van der Waals surface area (Å²) in [6, 6.07) is 26.3. The molecule has 0 bridgehead atoms. The summed E-state index contributed by atoms with van der Waals surface area (Å²) in [6.07, 6.45) is 6.79. The minimum atomic E-state index is 1.04. The lowest BCUT2D eigenvalue weighted by Gasteiger charge is -2.11. The van der Waals surface area contributed by atoms with E-state index in [4.69, 9.17) is 0 Å². The second-order valence-electron chi connectivity index (χ2n) is 6.64. The molecule has 2 aliphatic carbocycles. The highest BCUT2D eigenvalue weighted by atomic mass is 14.2. The summed E-state index contributed by atoms with van der Waals surface area (Å²) in [4.78, 5) is 0. The molecule has 24 heavy (non-hydrogen) atoms. The van der Waals surface area contributed by atoms with Crippen LogP contribution in [-0.4, -0.2) is 0 Å². The van der Waals surface area contributed by atoms with E-state index >= 15 is 0 Å². The van der Waals surface area contributed by atoms with Crippen LogP contribution in [0.5, 0.6) is 0 Å². The third-order valence-electron chi connectivity index (χ3n) is 5.15. The largest absolute Gasteiger partial charge is 0.0619 e. The van der Waals surface area contributed by atoms with Gasteiger partial charge in [0.1, 0.15) is 0 Å². The smallest absolute Gasteiger partial charge is 0.00135 e. The van der Waals surface area contributed by atoms with Gasteiger partial charge in [-0.1, -0.05) is 84.9 Å². The maximum Gasteiger partial charge on any atom is -0.00135 e. The molecule has 0 saturated carbocycles. The van der Waals surface area contributed by atoms with E-state index in [1.165, 1.54) is 44.5 Å². The Morgan fingerprint density at radius 3 is 1.33 bits per heavy atom. The quantitative estimate of drug-likeness (QED) is 0.554. The van der Waals surface area contributed by atoms with Crippen LogP contribution in [0.4, 0.5) is 0 Å². The fraction of sp³-hybridized carbons (Fsp3) is 0.0833. The van der Waals surface area contributed by atoms with Gasteiger partial charge >= 0.3 is 0 Å². The highest BCUT2D eigenvalue weighted by Gasteiger charge is 2.20. The van der Waals surface area contributed by atoms with E-state index in [1.807, 2.05) is 0 Å². The molecule has 0 aliphatic heterocycles. The molecule has 0 atom stereocenters. The van der Waals surface area contributed by atoms with E-state index in [0.717, 1.165) is 12.8 Å². The van der Waals surface area contributed by atoms with Crippen LogP contribution in [0.1, 0.15) is 33.4 Å². The Bertz CT molecular complexity index is 919. The monoisotopic (exact) mass is 306 g/mol. The number of rotatable bonds is 2. The molecular weight excluding hydrogens is 288 g/mol. The first-order valence-corrected chi connectivity index (χ1v) is 8.55. The van der Waals surface area contributed by atoms with E-state index in [1.54, 1.807) is 0 Å². The van der Waals surface area contributed by atoms with Gasteiger partial charge in [0.2, 0.25) is 0 Å². The Kier molecular flexibility index (Phi) is 3.02. The molecule has 0 heterocycles. The molecular formula is C24H18. The van der Waals surface area contributed by atoms with E-state index < -0.39 is 0 Å².